The normalized spacial score (nSPS) is 10.2. The number of rotatable bonds is 3. The molecule has 0 saturated heterocycles. The fourth-order valence-corrected chi connectivity index (χ4v) is 2.86. The van der Waals surface area contributed by atoms with Gasteiger partial charge in [0.2, 0.25) is 0 Å². The van der Waals surface area contributed by atoms with E-state index in [2.05, 4.69) is 15.0 Å². The van der Waals surface area contributed by atoms with Crippen LogP contribution in [-0.2, 0) is 0 Å². The molecule has 4 rings (SSSR count). The van der Waals surface area contributed by atoms with Gasteiger partial charge in [-0.05, 0) is 12.1 Å². The molecule has 6 heteroatoms. The molecule has 0 spiro atoms. The van der Waals surface area contributed by atoms with Gasteiger partial charge in [0.15, 0.2) is 23.3 Å². The van der Waals surface area contributed by atoms with E-state index < -0.39 is 5.82 Å². The molecule has 1 aromatic heterocycles. The highest BCUT2D eigenvalue weighted by atomic mass is 19.1. The van der Waals surface area contributed by atoms with Gasteiger partial charge in [-0.25, -0.2) is 19.3 Å². The van der Waals surface area contributed by atoms with Crippen LogP contribution < -0.4 is 0 Å². The van der Waals surface area contributed by atoms with E-state index in [0.29, 0.717) is 11.6 Å². The molecule has 0 fully saturated rings. The fourth-order valence-electron chi connectivity index (χ4n) is 2.86. The minimum Gasteiger partial charge on any atom is -0.208 e. The Balaban J connectivity index is 2.00. The predicted molar refractivity (Wildman–Crippen MR) is 106 cm³/mol. The van der Waals surface area contributed by atoms with E-state index in [0.717, 1.165) is 11.1 Å². The Morgan fingerprint density at radius 2 is 1.17 bits per heavy atom. The Morgan fingerprint density at radius 1 is 0.655 bits per heavy atom. The Bertz CT molecular complexity index is 1210. The molecular formula is C23H12FN5. The quantitative estimate of drug-likeness (QED) is 0.514. The van der Waals surface area contributed by atoms with E-state index in [-0.39, 0.29) is 22.5 Å². The molecule has 29 heavy (non-hydrogen) atoms. The molecule has 0 aliphatic heterocycles. The monoisotopic (exact) mass is 377 g/mol. The first kappa shape index (κ1) is 18.0. The van der Waals surface area contributed by atoms with Gasteiger partial charge in [-0.1, -0.05) is 60.7 Å². The van der Waals surface area contributed by atoms with Crippen LogP contribution in [0.5, 0.6) is 0 Å². The van der Waals surface area contributed by atoms with Crippen molar-refractivity contribution in [3.8, 4) is 46.3 Å². The van der Waals surface area contributed by atoms with Gasteiger partial charge >= 0.3 is 0 Å². The largest absolute Gasteiger partial charge is 0.208 e. The van der Waals surface area contributed by atoms with Crippen LogP contribution in [0, 0.1) is 28.5 Å². The van der Waals surface area contributed by atoms with Gasteiger partial charge in [0, 0.05) is 11.1 Å². The molecule has 0 aliphatic rings. The standard InChI is InChI=1S/C23H12FN5/c24-20-18(14-26)11-15(13-25)12-19(20)23-28-21(16-7-3-1-4-8-16)27-22(29-23)17-9-5-2-6-10-17/h1-12H. The number of hydrogen-bond acceptors (Lipinski definition) is 5. The van der Waals surface area contributed by atoms with Gasteiger partial charge in [-0.2, -0.15) is 10.5 Å². The second-order valence-electron chi connectivity index (χ2n) is 6.15. The van der Waals surface area contributed by atoms with Crippen LogP contribution in [0.15, 0.2) is 72.8 Å². The maximum absolute atomic E-state index is 14.9. The fraction of sp³-hybridized carbons (Fsp3) is 0. The molecule has 0 bridgehead atoms. The van der Waals surface area contributed by atoms with Gasteiger partial charge < -0.3 is 0 Å². The van der Waals surface area contributed by atoms with E-state index in [1.807, 2.05) is 66.7 Å². The summed E-state index contributed by atoms with van der Waals surface area (Å²) in [6.45, 7) is 0. The summed E-state index contributed by atoms with van der Waals surface area (Å²) in [5.74, 6) is 0.0315. The van der Waals surface area contributed by atoms with Gasteiger partial charge in [-0.15, -0.1) is 0 Å². The minimum absolute atomic E-state index is 0.0163. The van der Waals surface area contributed by atoms with Crippen LogP contribution in [0.25, 0.3) is 34.2 Å². The summed E-state index contributed by atoms with van der Waals surface area (Å²) in [6.07, 6.45) is 0. The summed E-state index contributed by atoms with van der Waals surface area (Å²) in [5.41, 5.74) is 1.39. The number of aromatic nitrogens is 3. The lowest BCUT2D eigenvalue weighted by Gasteiger charge is -2.09. The zero-order valence-corrected chi connectivity index (χ0v) is 15.0. The summed E-state index contributed by atoms with van der Waals surface area (Å²) in [4.78, 5) is 13.4. The molecule has 0 unspecified atom stereocenters. The average molecular weight is 377 g/mol. The van der Waals surface area contributed by atoms with Gasteiger partial charge in [0.1, 0.15) is 6.07 Å². The number of halogens is 1. The third-order valence-electron chi connectivity index (χ3n) is 4.26. The Labute approximate surface area is 166 Å². The summed E-state index contributed by atoms with van der Waals surface area (Å²) in [7, 11) is 0. The van der Waals surface area contributed by atoms with E-state index in [1.165, 1.54) is 12.1 Å². The first-order chi connectivity index (χ1) is 14.2. The lowest BCUT2D eigenvalue weighted by atomic mass is 10.0. The third kappa shape index (κ3) is 3.55. The second-order valence-corrected chi connectivity index (χ2v) is 6.15. The first-order valence-electron chi connectivity index (χ1n) is 8.70. The third-order valence-corrected chi connectivity index (χ3v) is 4.26. The summed E-state index contributed by atoms with van der Waals surface area (Å²) in [5, 5.41) is 18.5. The molecule has 1 heterocycles. The van der Waals surface area contributed by atoms with Crippen molar-refractivity contribution in [2.45, 2.75) is 0 Å². The van der Waals surface area contributed by atoms with Crippen molar-refractivity contribution in [2.24, 2.45) is 0 Å². The highest BCUT2D eigenvalue weighted by molar-refractivity contribution is 5.68. The van der Waals surface area contributed by atoms with Gasteiger partial charge in [0.25, 0.3) is 0 Å². The van der Waals surface area contributed by atoms with Crippen molar-refractivity contribution >= 4 is 0 Å². The maximum atomic E-state index is 14.9. The van der Waals surface area contributed by atoms with Crippen molar-refractivity contribution in [2.75, 3.05) is 0 Å². The highest BCUT2D eigenvalue weighted by Crippen LogP contribution is 2.28. The van der Waals surface area contributed by atoms with Crippen LogP contribution in [0.4, 0.5) is 4.39 Å². The molecule has 0 amide bonds. The number of nitrogens with zero attached hydrogens (tertiary/aromatic N) is 5. The molecule has 136 valence electrons. The van der Waals surface area contributed by atoms with Crippen molar-refractivity contribution in [1.29, 1.82) is 10.5 Å². The van der Waals surface area contributed by atoms with Crippen LogP contribution in [-0.4, -0.2) is 15.0 Å². The Kier molecular flexibility index (Phi) is 4.75. The van der Waals surface area contributed by atoms with Crippen molar-refractivity contribution in [3.63, 3.8) is 0 Å². The van der Waals surface area contributed by atoms with Crippen LogP contribution in [0.3, 0.4) is 0 Å². The lowest BCUT2D eigenvalue weighted by molar-refractivity contribution is 0.626. The summed E-state index contributed by atoms with van der Waals surface area (Å²) >= 11 is 0. The maximum Gasteiger partial charge on any atom is 0.167 e. The van der Waals surface area contributed by atoms with E-state index in [4.69, 9.17) is 0 Å². The molecule has 0 N–H and O–H groups in total. The molecular weight excluding hydrogens is 365 g/mol. The SMILES string of the molecule is N#Cc1cc(C#N)c(F)c(-c2nc(-c3ccccc3)nc(-c3ccccc3)n2)c1. The molecule has 3 aromatic carbocycles. The number of nitriles is 2. The second kappa shape index (κ2) is 7.67. The van der Waals surface area contributed by atoms with E-state index in [9.17, 15) is 14.9 Å². The summed E-state index contributed by atoms with van der Waals surface area (Å²) < 4.78 is 14.9. The highest BCUT2D eigenvalue weighted by Gasteiger charge is 2.18. The molecule has 0 saturated carbocycles. The average Bonchev–Trinajstić information content (AvgIpc) is 2.80. The van der Waals surface area contributed by atoms with Crippen molar-refractivity contribution in [3.05, 3.63) is 89.7 Å². The van der Waals surface area contributed by atoms with Crippen molar-refractivity contribution < 1.29 is 4.39 Å². The smallest absolute Gasteiger partial charge is 0.167 e. The molecule has 0 aliphatic carbocycles. The van der Waals surface area contributed by atoms with Crippen LogP contribution in [0.2, 0.25) is 0 Å². The molecule has 0 radical (unpaired) electrons. The zero-order chi connectivity index (χ0) is 20.2. The molecule has 4 aromatic rings. The van der Waals surface area contributed by atoms with E-state index in [1.54, 1.807) is 6.07 Å². The predicted octanol–water partition coefficient (Wildman–Crippen LogP) is 4.76. The Morgan fingerprint density at radius 3 is 1.66 bits per heavy atom. The first-order valence-corrected chi connectivity index (χ1v) is 8.70. The lowest BCUT2D eigenvalue weighted by Crippen LogP contribution is -2.02. The number of hydrogen-bond donors (Lipinski definition) is 0. The van der Waals surface area contributed by atoms with Crippen LogP contribution in [0.1, 0.15) is 11.1 Å². The molecule has 5 nitrogen and oxygen atoms in total. The summed E-state index contributed by atoms with van der Waals surface area (Å²) in [6, 6.07) is 24.8. The van der Waals surface area contributed by atoms with Crippen molar-refractivity contribution in [1.82, 2.24) is 15.0 Å². The van der Waals surface area contributed by atoms with Gasteiger partial charge in [0.05, 0.1) is 22.8 Å². The van der Waals surface area contributed by atoms with E-state index >= 15 is 0 Å². The van der Waals surface area contributed by atoms with Crippen LogP contribution >= 0.6 is 0 Å². The number of benzene rings is 3. The van der Waals surface area contributed by atoms with Gasteiger partial charge in [-0.3, -0.25) is 0 Å². The minimum atomic E-state index is -0.768. The Hall–Kier alpha value is -4.42. The molecule has 0 atom stereocenters. The topological polar surface area (TPSA) is 86.2 Å². The zero-order valence-electron chi connectivity index (χ0n) is 15.0.